The van der Waals surface area contributed by atoms with Crippen LogP contribution in [-0.2, 0) is 5.41 Å². The predicted molar refractivity (Wildman–Crippen MR) is 258 cm³/mol. The number of hydrogen-bond acceptors (Lipinski definition) is 0. The van der Waals surface area contributed by atoms with Gasteiger partial charge in [-0.15, -0.1) is 0 Å². The molecule has 60 heavy (non-hydrogen) atoms. The average Bonchev–Trinajstić information content (AvgIpc) is 3.66. The van der Waals surface area contributed by atoms with Crippen LogP contribution in [0.25, 0.3) is 38.6 Å². The smallest absolute Gasteiger partial charge is 0.179 e. The third-order valence-electron chi connectivity index (χ3n) is 14.0. The molecule has 0 fully saturated rings. The maximum absolute atomic E-state index is 2.98. The lowest BCUT2D eigenvalue weighted by atomic mass is 9.62. The Morgan fingerprint density at radius 1 is 0.383 bits per heavy atom. The Balaban J connectivity index is 1.26. The molecule has 284 valence electrons. The molecule has 0 amide bonds. The Labute approximate surface area is 353 Å². The minimum absolute atomic E-state index is 0.510. The number of fused-ring (bicyclic) bond motifs is 11. The molecule has 1 spiro atoms. The van der Waals surface area contributed by atoms with E-state index in [4.69, 9.17) is 0 Å². The van der Waals surface area contributed by atoms with Crippen molar-refractivity contribution in [1.29, 1.82) is 0 Å². The molecule has 0 bridgehead atoms. The number of hydrogen-bond donors (Lipinski definition) is 0. The molecular formula is C57H43NSi2. The largest absolute Gasteiger partial charge is 0.309 e. The molecule has 12 rings (SSSR count). The summed E-state index contributed by atoms with van der Waals surface area (Å²) >= 11 is 0. The molecule has 0 aliphatic carbocycles. The predicted octanol–water partition coefficient (Wildman–Crippen LogP) is 9.66. The number of para-hydroxylation sites is 2. The second-order valence-electron chi connectivity index (χ2n) is 17.2. The molecule has 2 aliphatic rings. The van der Waals surface area contributed by atoms with Crippen molar-refractivity contribution in [3.8, 4) is 16.8 Å². The summed E-state index contributed by atoms with van der Waals surface area (Å²) < 4.78 is 2.63. The highest BCUT2D eigenvalue weighted by Gasteiger charge is 2.53. The van der Waals surface area contributed by atoms with Crippen LogP contribution >= 0.6 is 0 Å². The first-order valence-corrected chi connectivity index (χ1v) is 26.2. The topological polar surface area (TPSA) is 4.93 Å². The Bertz CT molecular complexity index is 3200. The van der Waals surface area contributed by atoms with Gasteiger partial charge >= 0.3 is 0 Å². The van der Waals surface area contributed by atoms with Crippen LogP contribution in [0.15, 0.2) is 224 Å². The van der Waals surface area contributed by atoms with Crippen molar-refractivity contribution in [2.45, 2.75) is 18.5 Å². The van der Waals surface area contributed by atoms with Gasteiger partial charge in [0.15, 0.2) is 8.07 Å². The van der Waals surface area contributed by atoms with E-state index in [0.717, 1.165) is 0 Å². The molecule has 3 heteroatoms. The van der Waals surface area contributed by atoms with Gasteiger partial charge in [-0.1, -0.05) is 225 Å². The van der Waals surface area contributed by atoms with E-state index >= 15 is 0 Å². The zero-order valence-electron chi connectivity index (χ0n) is 33.8. The molecule has 9 aromatic carbocycles. The van der Waals surface area contributed by atoms with Gasteiger partial charge in [0, 0.05) is 10.8 Å². The van der Waals surface area contributed by atoms with E-state index in [1.807, 2.05) is 0 Å². The van der Waals surface area contributed by atoms with Crippen molar-refractivity contribution >= 4 is 69.1 Å². The van der Waals surface area contributed by atoms with E-state index in [1.165, 1.54) is 92.0 Å². The van der Waals surface area contributed by atoms with E-state index < -0.39 is 21.6 Å². The zero-order chi connectivity index (χ0) is 40.1. The molecule has 1 nitrogen and oxygen atoms in total. The summed E-state index contributed by atoms with van der Waals surface area (Å²) in [5.74, 6) is 0. The standard InChI is InChI=1S/C57H43NSi2/c1-59(2)54-34-16-13-30-49(54)57(50-31-14-17-35-55(50)59)48-37-36-45(39-53(48)58-52-33-15-12-28-46(52)47-29-19-32-51(57)56(47)58)60(42-23-8-4-9-24-42,43-25-10-5-11-26-43)44-27-18-22-41(38-44)40-20-6-3-7-21-40/h3-39H,1-2H3. The summed E-state index contributed by atoms with van der Waals surface area (Å²) in [6.07, 6.45) is 0. The Hall–Kier alpha value is -6.79. The Morgan fingerprint density at radius 2 is 0.883 bits per heavy atom. The van der Waals surface area contributed by atoms with Crippen LogP contribution in [0.5, 0.6) is 0 Å². The van der Waals surface area contributed by atoms with Gasteiger partial charge in [0.25, 0.3) is 0 Å². The normalized spacial score (nSPS) is 14.4. The molecule has 0 atom stereocenters. The second-order valence-corrected chi connectivity index (χ2v) is 25.3. The Kier molecular flexibility index (Phi) is 7.69. The first kappa shape index (κ1) is 35.2. The van der Waals surface area contributed by atoms with Crippen molar-refractivity contribution < 1.29 is 0 Å². The quantitative estimate of drug-likeness (QED) is 0.121. The highest BCUT2D eigenvalue weighted by atomic mass is 28.3. The van der Waals surface area contributed by atoms with Crippen LogP contribution in [0.4, 0.5) is 0 Å². The van der Waals surface area contributed by atoms with Gasteiger partial charge in [0.2, 0.25) is 0 Å². The number of benzene rings is 9. The van der Waals surface area contributed by atoms with Crippen LogP contribution in [0.3, 0.4) is 0 Å². The summed E-state index contributed by atoms with van der Waals surface area (Å²) in [4.78, 5) is 0. The lowest BCUT2D eigenvalue weighted by molar-refractivity contribution is 0.732. The molecule has 0 unspecified atom stereocenters. The zero-order valence-corrected chi connectivity index (χ0v) is 35.8. The van der Waals surface area contributed by atoms with Crippen molar-refractivity contribution in [3.63, 3.8) is 0 Å². The van der Waals surface area contributed by atoms with Gasteiger partial charge in [-0.05, 0) is 76.6 Å². The molecule has 10 aromatic rings. The summed E-state index contributed by atoms with van der Waals surface area (Å²) in [7, 11) is -5.06. The second kappa shape index (κ2) is 13.1. The third kappa shape index (κ3) is 4.62. The monoisotopic (exact) mass is 797 g/mol. The summed E-state index contributed by atoms with van der Waals surface area (Å²) in [6, 6.07) is 85.8. The fourth-order valence-corrected chi connectivity index (χ4v) is 19.5. The van der Waals surface area contributed by atoms with E-state index in [1.54, 1.807) is 0 Å². The van der Waals surface area contributed by atoms with E-state index in [-0.39, 0.29) is 0 Å². The summed E-state index contributed by atoms with van der Waals surface area (Å²) in [6.45, 7) is 5.09. The fraction of sp³-hybridized carbons (Fsp3) is 0.0526. The van der Waals surface area contributed by atoms with Crippen LogP contribution < -0.4 is 31.1 Å². The van der Waals surface area contributed by atoms with E-state index in [2.05, 4.69) is 242 Å². The third-order valence-corrected chi connectivity index (χ3v) is 22.3. The average molecular weight is 798 g/mol. The summed E-state index contributed by atoms with van der Waals surface area (Å²) in [5, 5.41) is 11.1. The van der Waals surface area contributed by atoms with Gasteiger partial charge in [-0.25, -0.2) is 0 Å². The van der Waals surface area contributed by atoms with Gasteiger partial charge in [-0.2, -0.15) is 0 Å². The van der Waals surface area contributed by atoms with Crippen LogP contribution in [0.1, 0.15) is 22.3 Å². The van der Waals surface area contributed by atoms with Gasteiger partial charge in [0.05, 0.1) is 22.1 Å². The minimum atomic E-state index is -2.98. The summed E-state index contributed by atoms with van der Waals surface area (Å²) in [5.41, 5.74) is 11.4. The molecule has 2 aliphatic heterocycles. The molecule has 1 aromatic heterocycles. The van der Waals surface area contributed by atoms with Crippen LogP contribution in [0.2, 0.25) is 13.1 Å². The lowest BCUT2D eigenvalue weighted by Crippen LogP contribution is -2.74. The number of rotatable bonds is 5. The molecule has 0 radical (unpaired) electrons. The van der Waals surface area contributed by atoms with Crippen molar-refractivity contribution in [1.82, 2.24) is 4.57 Å². The minimum Gasteiger partial charge on any atom is -0.309 e. The van der Waals surface area contributed by atoms with Crippen LogP contribution in [-0.4, -0.2) is 20.7 Å². The van der Waals surface area contributed by atoms with Crippen molar-refractivity contribution in [2.75, 3.05) is 0 Å². The SMILES string of the molecule is C[Si]1(C)c2ccccc2C2(c3ccc([Si](c4ccccc4)(c4ccccc4)c4cccc(-c5ccccc5)c4)cc3-n3c4ccccc4c4cccc2c43)c2ccccc21. The molecule has 0 N–H and O–H groups in total. The highest BCUT2D eigenvalue weighted by Crippen LogP contribution is 2.55. The van der Waals surface area contributed by atoms with E-state index in [0.29, 0.717) is 0 Å². The maximum atomic E-state index is 2.63. The maximum Gasteiger partial charge on any atom is 0.179 e. The molecule has 0 saturated heterocycles. The van der Waals surface area contributed by atoms with Gasteiger partial charge < -0.3 is 4.57 Å². The molecule has 3 heterocycles. The van der Waals surface area contributed by atoms with Crippen molar-refractivity contribution in [3.05, 3.63) is 247 Å². The molecular weight excluding hydrogens is 755 g/mol. The van der Waals surface area contributed by atoms with Crippen LogP contribution in [0, 0.1) is 0 Å². The van der Waals surface area contributed by atoms with Crippen molar-refractivity contribution in [2.24, 2.45) is 0 Å². The first-order valence-electron chi connectivity index (χ1n) is 21.2. The number of aromatic nitrogens is 1. The first-order chi connectivity index (χ1) is 29.5. The Morgan fingerprint density at radius 3 is 1.57 bits per heavy atom. The lowest BCUT2D eigenvalue weighted by Gasteiger charge is -2.49. The van der Waals surface area contributed by atoms with Gasteiger partial charge in [-0.3, -0.25) is 0 Å². The highest BCUT2D eigenvalue weighted by molar-refractivity contribution is 7.20. The van der Waals surface area contributed by atoms with Gasteiger partial charge in [0.1, 0.15) is 8.07 Å². The van der Waals surface area contributed by atoms with E-state index in [9.17, 15) is 0 Å². The molecule has 0 saturated carbocycles. The number of nitrogens with zero attached hydrogens (tertiary/aromatic N) is 1. The fourth-order valence-electron chi connectivity index (χ4n) is 11.5.